The van der Waals surface area contributed by atoms with E-state index in [9.17, 15) is 24.8 Å². The van der Waals surface area contributed by atoms with Gasteiger partial charge in [0.05, 0.1) is 4.92 Å². The summed E-state index contributed by atoms with van der Waals surface area (Å²) in [5, 5.41) is 28.7. The van der Waals surface area contributed by atoms with Crippen LogP contribution in [0.25, 0.3) is 12.2 Å². The van der Waals surface area contributed by atoms with Crippen molar-refractivity contribution in [3.05, 3.63) is 56.1 Å². The minimum atomic E-state index is -1.14. The molecule has 0 aliphatic carbocycles. The maximum Gasteiger partial charge on any atom is 0.395 e. The lowest BCUT2D eigenvalue weighted by atomic mass is 10.2. The Morgan fingerprint density at radius 2 is 2.08 bits per heavy atom. The van der Waals surface area contributed by atoms with Crippen LogP contribution >= 0.6 is 0 Å². The van der Waals surface area contributed by atoms with E-state index in [-0.39, 0.29) is 11.6 Å². The van der Waals surface area contributed by atoms with Gasteiger partial charge in [-0.3, -0.25) is 14.9 Å². The van der Waals surface area contributed by atoms with Crippen molar-refractivity contribution < 1.29 is 24.7 Å². The predicted octanol–water partition coefficient (Wildman–Crippen LogP) is 1.02. The van der Waals surface area contributed by atoms with Gasteiger partial charge in [-0.15, -0.1) is 0 Å². The van der Waals surface area contributed by atoms with E-state index >= 15 is 0 Å². The van der Waals surface area contributed by atoms with Crippen LogP contribution in [-0.2, 0) is 4.79 Å². The largest absolute Gasteiger partial charge is 0.488 e. The Balaban J connectivity index is 2.30. The number of nitro groups is 1. The summed E-state index contributed by atoms with van der Waals surface area (Å²) in [6.45, 7) is -0.530. The molecule has 1 aromatic heterocycles. The maximum atomic E-state index is 11.5. The Bertz CT molecular complexity index is 873. The Hall–Kier alpha value is -3.69. The highest BCUT2D eigenvalue weighted by Gasteiger charge is 2.21. The molecule has 0 aliphatic heterocycles. The molecule has 0 saturated heterocycles. The highest BCUT2D eigenvalue weighted by molar-refractivity contribution is 5.72. The van der Waals surface area contributed by atoms with Crippen LogP contribution in [0.2, 0.25) is 0 Å². The van der Waals surface area contributed by atoms with Crippen LogP contribution in [0, 0.1) is 10.1 Å². The monoisotopic (exact) mass is 333 g/mol. The lowest BCUT2D eigenvalue weighted by Crippen LogP contribution is -2.14. The van der Waals surface area contributed by atoms with Crippen molar-refractivity contribution in [2.45, 2.75) is 0 Å². The van der Waals surface area contributed by atoms with Gasteiger partial charge in [-0.25, -0.2) is 4.79 Å². The van der Waals surface area contributed by atoms with Crippen LogP contribution < -0.4 is 10.3 Å². The highest BCUT2D eigenvalue weighted by Crippen LogP contribution is 2.21. The molecule has 1 heterocycles. The second-order valence-electron chi connectivity index (χ2n) is 4.43. The number of para-hydroxylation sites is 1. The number of carboxylic acids is 1. The van der Waals surface area contributed by atoms with E-state index in [1.807, 2.05) is 0 Å². The molecule has 0 bridgehead atoms. The smallest absolute Gasteiger partial charge is 0.395 e. The minimum absolute atomic E-state index is 0.115. The number of carboxylic acid groups (broad SMARTS) is 1. The molecule has 0 radical (unpaired) electrons. The van der Waals surface area contributed by atoms with Gasteiger partial charge < -0.3 is 19.9 Å². The van der Waals surface area contributed by atoms with Gasteiger partial charge in [0.25, 0.3) is 5.88 Å². The van der Waals surface area contributed by atoms with E-state index in [4.69, 9.17) is 9.84 Å². The molecule has 24 heavy (non-hydrogen) atoms. The lowest BCUT2D eigenvalue weighted by Gasteiger charge is -2.06. The van der Waals surface area contributed by atoms with Crippen molar-refractivity contribution in [3.8, 4) is 11.6 Å². The van der Waals surface area contributed by atoms with Gasteiger partial charge in [0, 0.05) is 5.56 Å². The topological polar surface area (TPSA) is 156 Å². The van der Waals surface area contributed by atoms with E-state index in [1.54, 1.807) is 24.3 Å². The minimum Gasteiger partial charge on any atom is -0.488 e. The number of hydrogen-bond acceptors (Lipinski definition) is 7. The van der Waals surface area contributed by atoms with E-state index < -0.39 is 34.6 Å². The zero-order valence-corrected chi connectivity index (χ0v) is 12.0. The summed E-state index contributed by atoms with van der Waals surface area (Å²) >= 11 is 0. The number of aromatic hydroxyl groups is 1. The van der Waals surface area contributed by atoms with Crippen molar-refractivity contribution in [2.75, 3.05) is 6.61 Å². The molecule has 0 fully saturated rings. The molecule has 2 aromatic rings. The van der Waals surface area contributed by atoms with Crippen LogP contribution in [0.5, 0.6) is 11.6 Å². The van der Waals surface area contributed by atoms with Gasteiger partial charge in [0.1, 0.15) is 11.6 Å². The second-order valence-corrected chi connectivity index (χ2v) is 4.43. The van der Waals surface area contributed by atoms with Gasteiger partial charge in [-0.2, -0.15) is 4.98 Å². The summed E-state index contributed by atoms with van der Waals surface area (Å²) in [4.78, 5) is 37.3. The molecule has 0 amide bonds. The lowest BCUT2D eigenvalue weighted by molar-refractivity contribution is -0.387. The normalized spacial score (nSPS) is 10.7. The van der Waals surface area contributed by atoms with Crippen molar-refractivity contribution in [2.24, 2.45) is 0 Å². The van der Waals surface area contributed by atoms with Crippen molar-refractivity contribution in [3.63, 3.8) is 0 Å². The molecule has 10 nitrogen and oxygen atoms in total. The number of aliphatic carboxylic acids is 1. The summed E-state index contributed by atoms with van der Waals surface area (Å²) < 4.78 is 5.10. The number of aromatic amines is 1. The van der Waals surface area contributed by atoms with E-state index in [1.165, 1.54) is 12.2 Å². The standard InChI is InChI=1S/C14H11N3O7/c18-11(19)7-24-9-4-2-1-3-8(9)5-6-10-15-13(20)12(17(22)23)14(21)16-10/h1-6H,7H2,(H,18,19)(H2,15,16,20,21)/b6-5-. The molecule has 10 heteroatoms. The summed E-state index contributed by atoms with van der Waals surface area (Å²) in [5.74, 6) is -1.97. The third-order valence-corrected chi connectivity index (χ3v) is 2.77. The van der Waals surface area contributed by atoms with E-state index in [0.717, 1.165) is 0 Å². The number of H-pyrrole nitrogens is 1. The fourth-order valence-electron chi connectivity index (χ4n) is 1.77. The van der Waals surface area contributed by atoms with Crippen LogP contribution in [0.15, 0.2) is 29.1 Å². The first kappa shape index (κ1) is 16.7. The Labute approximate surface area is 133 Å². The van der Waals surface area contributed by atoms with Gasteiger partial charge in [-0.05, 0) is 18.2 Å². The van der Waals surface area contributed by atoms with Crippen LogP contribution in [0.4, 0.5) is 5.69 Å². The third kappa shape index (κ3) is 3.94. The fourth-order valence-corrected chi connectivity index (χ4v) is 1.77. The Kier molecular flexibility index (Phi) is 4.90. The van der Waals surface area contributed by atoms with Crippen LogP contribution in [0.1, 0.15) is 11.4 Å². The number of nitrogens with one attached hydrogen (secondary N) is 1. The van der Waals surface area contributed by atoms with E-state index in [0.29, 0.717) is 5.56 Å². The molecule has 0 atom stereocenters. The maximum absolute atomic E-state index is 11.5. The van der Waals surface area contributed by atoms with Crippen LogP contribution in [0.3, 0.4) is 0 Å². The first-order valence-corrected chi connectivity index (χ1v) is 6.48. The summed E-state index contributed by atoms with van der Waals surface area (Å²) in [5.41, 5.74) is -1.65. The zero-order chi connectivity index (χ0) is 17.7. The van der Waals surface area contributed by atoms with Gasteiger partial charge in [0.15, 0.2) is 6.61 Å². The molecular weight excluding hydrogens is 322 g/mol. The average molecular weight is 333 g/mol. The van der Waals surface area contributed by atoms with Crippen molar-refractivity contribution in [1.29, 1.82) is 0 Å². The number of rotatable bonds is 6. The number of nitrogens with zero attached hydrogens (tertiary/aromatic N) is 2. The summed E-state index contributed by atoms with van der Waals surface area (Å²) in [6, 6.07) is 6.49. The molecule has 3 N–H and O–H groups in total. The van der Waals surface area contributed by atoms with Gasteiger partial charge in [0.2, 0.25) is 0 Å². The molecular formula is C14H11N3O7. The SMILES string of the molecule is O=C(O)COc1ccccc1/C=C\c1nc(O)c([N+](=O)[O-])c(=O)[nH]1. The van der Waals surface area contributed by atoms with Gasteiger partial charge >= 0.3 is 17.2 Å². The number of hydrogen-bond donors (Lipinski definition) is 3. The first-order chi connectivity index (χ1) is 11.4. The molecule has 0 saturated carbocycles. The third-order valence-electron chi connectivity index (χ3n) is 2.77. The Morgan fingerprint density at radius 1 is 1.38 bits per heavy atom. The number of carbonyl (C=O) groups is 1. The molecule has 0 aliphatic rings. The number of benzene rings is 1. The summed E-state index contributed by atoms with van der Waals surface area (Å²) in [7, 11) is 0. The molecule has 124 valence electrons. The molecule has 0 unspecified atom stereocenters. The second kappa shape index (κ2) is 7.05. The zero-order valence-electron chi connectivity index (χ0n) is 12.0. The first-order valence-electron chi connectivity index (χ1n) is 6.48. The highest BCUT2D eigenvalue weighted by atomic mass is 16.6. The molecule has 0 spiro atoms. The van der Waals surface area contributed by atoms with Crippen LogP contribution in [-0.4, -0.2) is 37.7 Å². The Morgan fingerprint density at radius 3 is 2.71 bits per heavy atom. The molecule has 2 rings (SSSR count). The molecule has 1 aromatic carbocycles. The quantitative estimate of drug-likeness (QED) is 0.522. The van der Waals surface area contributed by atoms with Crippen molar-refractivity contribution >= 4 is 23.8 Å². The number of aromatic nitrogens is 2. The number of ether oxygens (including phenoxy) is 1. The summed E-state index contributed by atoms with van der Waals surface area (Å²) in [6.07, 6.45) is 2.73. The average Bonchev–Trinajstić information content (AvgIpc) is 2.50. The van der Waals surface area contributed by atoms with Crippen molar-refractivity contribution in [1.82, 2.24) is 9.97 Å². The van der Waals surface area contributed by atoms with E-state index in [2.05, 4.69) is 9.97 Å². The predicted molar refractivity (Wildman–Crippen MR) is 81.7 cm³/mol. The fraction of sp³-hybridized carbons (Fsp3) is 0.0714. The van der Waals surface area contributed by atoms with Gasteiger partial charge in [-0.1, -0.05) is 18.2 Å².